The van der Waals surface area contributed by atoms with E-state index in [1.165, 1.54) is 0 Å². The molecule has 0 saturated carbocycles. The molecule has 0 unspecified atom stereocenters. The number of carbonyl (C=O) groups excluding carboxylic acids is 1. The van der Waals surface area contributed by atoms with E-state index in [0.717, 1.165) is 23.3 Å². The van der Waals surface area contributed by atoms with Crippen molar-refractivity contribution in [1.82, 2.24) is 4.90 Å². The molecule has 0 fully saturated rings. The first kappa shape index (κ1) is 17.7. The van der Waals surface area contributed by atoms with Crippen LogP contribution in [0.2, 0.25) is 5.02 Å². The third kappa shape index (κ3) is 3.76. The molecule has 0 saturated heterocycles. The maximum atomic E-state index is 14.1. The third-order valence-corrected chi connectivity index (χ3v) is 4.17. The van der Waals surface area contributed by atoms with Crippen LogP contribution in [-0.4, -0.2) is 16.6 Å². The summed E-state index contributed by atoms with van der Waals surface area (Å²) in [5.41, 5.74) is 1.99. The van der Waals surface area contributed by atoms with E-state index >= 15 is 0 Å². The lowest BCUT2D eigenvalue weighted by Crippen LogP contribution is -2.33. The highest BCUT2D eigenvalue weighted by Crippen LogP contribution is 2.35. The Kier molecular flexibility index (Phi) is 4.45. The summed E-state index contributed by atoms with van der Waals surface area (Å²) in [6.07, 6.45) is -0.392. The van der Waals surface area contributed by atoms with E-state index in [-0.39, 0.29) is 10.6 Å². The predicted octanol–water partition coefficient (Wildman–Crippen LogP) is 5.54. The Hall–Kier alpha value is -2.14. The molecule has 3 rings (SSSR count). The van der Waals surface area contributed by atoms with Crippen molar-refractivity contribution < 1.29 is 18.3 Å². The molecule has 0 bridgehead atoms. The molecule has 0 N–H and O–H groups in total. The largest absolute Gasteiger partial charge is 0.444 e. The number of rotatable bonds is 1. The minimum Gasteiger partial charge on any atom is -0.444 e. The normalized spacial score (nSPS) is 13.8. The van der Waals surface area contributed by atoms with E-state index in [2.05, 4.69) is 0 Å². The van der Waals surface area contributed by atoms with Crippen LogP contribution in [0.3, 0.4) is 0 Å². The molecule has 25 heavy (non-hydrogen) atoms. The minimum absolute atomic E-state index is 0.0134. The monoisotopic (exact) mass is 365 g/mol. The van der Waals surface area contributed by atoms with Crippen LogP contribution < -0.4 is 0 Å². The standard InChI is InChI=1S/C19H18ClF2NO2/c1-19(2,3)25-18(24)23-9-12-5-4-11(6-13(12)10-23)17-15(20)7-14(21)8-16(17)22/h4-8H,9-10H2,1-3H3. The summed E-state index contributed by atoms with van der Waals surface area (Å²) in [5.74, 6) is -1.43. The van der Waals surface area contributed by atoms with Gasteiger partial charge in [-0.1, -0.05) is 23.7 Å². The van der Waals surface area contributed by atoms with E-state index in [0.29, 0.717) is 18.7 Å². The molecular weight excluding hydrogens is 348 g/mol. The second-order valence-electron chi connectivity index (χ2n) is 7.06. The van der Waals surface area contributed by atoms with Gasteiger partial charge >= 0.3 is 6.09 Å². The number of fused-ring (bicyclic) bond motifs is 1. The van der Waals surface area contributed by atoms with Crippen molar-refractivity contribution in [3.8, 4) is 11.1 Å². The van der Waals surface area contributed by atoms with Gasteiger partial charge in [0.1, 0.15) is 17.2 Å². The molecule has 132 valence electrons. The quantitative estimate of drug-likeness (QED) is 0.664. The Morgan fingerprint density at radius 3 is 2.44 bits per heavy atom. The van der Waals surface area contributed by atoms with Crippen LogP contribution >= 0.6 is 11.6 Å². The topological polar surface area (TPSA) is 29.5 Å². The molecule has 2 aromatic carbocycles. The highest BCUT2D eigenvalue weighted by molar-refractivity contribution is 6.33. The molecule has 1 amide bonds. The maximum Gasteiger partial charge on any atom is 0.410 e. The number of benzene rings is 2. The first-order valence-electron chi connectivity index (χ1n) is 7.89. The average Bonchev–Trinajstić information content (AvgIpc) is 2.87. The fourth-order valence-electron chi connectivity index (χ4n) is 2.82. The summed E-state index contributed by atoms with van der Waals surface area (Å²) in [4.78, 5) is 13.8. The van der Waals surface area contributed by atoms with Crippen LogP contribution in [0, 0.1) is 11.6 Å². The zero-order chi connectivity index (χ0) is 18.4. The molecule has 2 aromatic rings. The van der Waals surface area contributed by atoms with Gasteiger partial charge in [-0.3, -0.25) is 4.90 Å². The number of nitrogens with zero attached hydrogens (tertiary/aromatic N) is 1. The number of ether oxygens (including phenoxy) is 1. The second kappa shape index (κ2) is 6.30. The van der Waals surface area contributed by atoms with Crippen molar-refractivity contribution in [2.45, 2.75) is 39.5 Å². The lowest BCUT2D eigenvalue weighted by Gasteiger charge is -2.24. The van der Waals surface area contributed by atoms with Crippen LogP contribution in [-0.2, 0) is 17.8 Å². The lowest BCUT2D eigenvalue weighted by atomic mass is 10.00. The molecule has 1 heterocycles. The summed E-state index contributed by atoms with van der Waals surface area (Å²) in [6, 6.07) is 7.22. The number of carbonyl (C=O) groups is 1. The fraction of sp³-hybridized carbons (Fsp3) is 0.316. The smallest absolute Gasteiger partial charge is 0.410 e. The molecule has 0 aliphatic carbocycles. The van der Waals surface area contributed by atoms with E-state index in [4.69, 9.17) is 16.3 Å². The Morgan fingerprint density at radius 2 is 1.80 bits per heavy atom. The molecule has 0 aromatic heterocycles. The second-order valence-corrected chi connectivity index (χ2v) is 7.47. The van der Waals surface area contributed by atoms with E-state index in [9.17, 15) is 13.6 Å². The number of amides is 1. The minimum atomic E-state index is -0.719. The van der Waals surface area contributed by atoms with Crippen LogP contribution in [0.25, 0.3) is 11.1 Å². The summed E-state index contributed by atoms with van der Waals surface area (Å²) >= 11 is 6.01. The van der Waals surface area contributed by atoms with Gasteiger partial charge in [0.2, 0.25) is 0 Å². The van der Waals surface area contributed by atoms with Gasteiger partial charge in [0.15, 0.2) is 0 Å². The van der Waals surface area contributed by atoms with Crippen molar-refractivity contribution in [3.63, 3.8) is 0 Å². The van der Waals surface area contributed by atoms with Crippen LogP contribution in [0.4, 0.5) is 13.6 Å². The number of hydrogen-bond donors (Lipinski definition) is 0. The van der Waals surface area contributed by atoms with Crippen LogP contribution in [0.1, 0.15) is 31.9 Å². The zero-order valence-corrected chi connectivity index (χ0v) is 15.0. The Morgan fingerprint density at radius 1 is 1.12 bits per heavy atom. The maximum absolute atomic E-state index is 14.1. The highest BCUT2D eigenvalue weighted by Gasteiger charge is 2.28. The number of halogens is 3. The summed E-state index contributed by atoms with van der Waals surface area (Å²) in [7, 11) is 0. The van der Waals surface area contributed by atoms with Crippen LogP contribution in [0.5, 0.6) is 0 Å². The van der Waals surface area contributed by atoms with E-state index in [1.54, 1.807) is 17.0 Å². The molecule has 3 nitrogen and oxygen atoms in total. The lowest BCUT2D eigenvalue weighted by molar-refractivity contribution is 0.0242. The van der Waals surface area contributed by atoms with Crippen LogP contribution in [0.15, 0.2) is 30.3 Å². The van der Waals surface area contributed by atoms with E-state index in [1.807, 2.05) is 26.8 Å². The molecule has 0 radical (unpaired) electrons. The average molecular weight is 366 g/mol. The Labute approximate surface area is 150 Å². The van der Waals surface area contributed by atoms with Gasteiger partial charge in [-0.25, -0.2) is 13.6 Å². The molecule has 1 aliphatic rings. The van der Waals surface area contributed by atoms with Crippen molar-refractivity contribution in [2.24, 2.45) is 0 Å². The van der Waals surface area contributed by atoms with Gasteiger partial charge in [0.25, 0.3) is 0 Å². The summed E-state index contributed by atoms with van der Waals surface area (Å²) in [6.45, 7) is 6.24. The molecule has 6 heteroatoms. The van der Waals surface area contributed by atoms with Crippen molar-refractivity contribution in [3.05, 3.63) is 58.1 Å². The SMILES string of the molecule is CC(C)(C)OC(=O)N1Cc2ccc(-c3c(F)cc(F)cc3Cl)cc2C1. The Bertz CT molecular complexity index is 823. The summed E-state index contributed by atoms with van der Waals surface area (Å²) < 4.78 is 32.8. The van der Waals surface area contributed by atoms with Gasteiger partial charge in [0.05, 0.1) is 5.02 Å². The van der Waals surface area contributed by atoms with Crippen molar-refractivity contribution in [2.75, 3.05) is 0 Å². The van der Waals surface area contributed by atoms with Gasteiger partial charge < -0.3 is 4.74 Å². The Balaban J connectivity index is 1.87. The molecular formula is C19H18ClF2NO2. The third-order valence-electron chi connectivity index (χ3n) is 3.88. The van der Waals surface area contributed by atoms with Crippen molar-refractivity contribution >= 4 is 17.7 Å². The van der Waals surface area contributed by atoms with Gasteiger partial charge in [0, 0.05) is 24.7 Å². The summed E-state index contributed by atoms with van der Waals surface area (Å²) in [5, 5.41) is 0.0134. The zero-order valence-electron chi connectivity index (χ0n) is 14.2. The van der Waals surface area contributed by atoms with Gasteiger partial charge in [-0.2, -0.15) is 0 Å². The molecule has 1 aliphatic heterocycles. The highest BCUT2D eigenvalue weighted by atomic mass is 35.5. The number of hydrogen-bond acceptors (Lipinski definition) is 2. The molecule has 0 atom stereocenters. The fourth-order valence-corrected chi connectivity index (χ4v) is 3.13. The molecule has 0 spiro atoms. The first-order valence-corrected chi connectivity index (χ1v) is 8.26. The first-order chi connectivity index (χ1) is 11.6. The van der Waals surface area contributed by atoms with Gasteiger partial charge in [-0.05, 0) is 49.6 Å². The van der Waals surface area contributed by atoms with Gasteiger partial charge in [-0.15, -0.1) is 0 Å². The van der Waals surface area contributed by atoms with Crippen molar-refractivity contribution in [1.29, 1.82) is 0 Å². The van der Waals surface area contributed by atoms with E-state index < -0.39 is 23.3 Å². The predicted molar refractivity (Wildman–Crippen MR) is 92.3 cm³/mol.